The number of hydrogen-bond donors (Lipinski definition) is 2. The summed E-state index contributed by atoms with van der Waals surface area (Å²) in [4.78, 5) is 26.4. The second kappa shape index (κ2) is 7.97. The van der Waals surface area contributed by atoms with Crippen LogP contribution in [0.3, 0.4) is 0 Å². The number of hydrogen-bond acceptors (Lipinski definition) is 4. The highest BCUT2D eigenvalue weighted by atomic mass is 16.5. The molecular formula is C19H27N3O3. The zero-order chi connectivity index (χ0) is 17.7. The van der Waals surface area contributed by atoms with Crippen molar-refractivity contribution in [2.24, 2.45) is 0 Å². The van der Waals surface area contributed by atoms with Crippen LogP contribution < -0.4 is 15.5 Å². The van der Waals surface area contributed by atoms with Gasteiger partial charge in [-0.15, -0.1) is 0 Å². The van der Waals surface area contributed by atoms with Crippen molar-refractivity contribution in [3.05, 3.63) is 29.8 Å². The van der Waals surface area contributed by atoms with E-state index in [0.717, 1.165) is 43.7 Å². The number of carbonyl (C=O) groups excluding carboxylic acids is 2. The minimum absolute atomic E-state index is 0.0493. The normalized spacial score (nSPS) is 20.4. The van der Waals surface area contributed by atoms with E-state index < -0.39 is 5.60 Å². The van der Waals surface area contributed by atoms with E-state index in [2.05, 4.69) is 10.6 Å². The average Bonchev–Trinajstić information content (AvgIpc) is 2.67. The quantitative estimate of drug-likeness (QED) is 0.850. The lowest BCUT2D eigenvalue weighted by Gasteiger charge is -2.34. The topological polar surface area (TPSA) is 70.7 Å². The predicted molar refractivity (Wildman–Crippen MR) is 96.3 cm³/mol. The van der Waals surface area contributed by atoms with E-state index in [9.17, 15) is 9.59 Å². The molecule has 1 aromatic rings. The van der Waals surface area contributed by atoms with Crippen LogP contribution in [0.15, 0.2) is 24.3 Å². The van der Waals surface area contributed by atoms with Gasteiger partial charge in [0, 0.05) is 32.3 Å². The van der Waals surface area contributed by atoms with E-state index in [1.165, 1.54) is 0 Å². The Morgan fingerprint density at radius 3 is 2.60 bits per heavy atom. The lowest BCUT2D eigenvalue weighted by Crippen LogP contribution is -2.53. The van der Waals surface area contributed by atoms with Gasteiger partial charge in [0.25, 0.3) is 5.91 Å². The Hall–Kier alpha value is -1.92. The first-order valence-electron chi connectivity index (χ1n) is 9.08. The highest BCUT2D eigenvalue weighted by molar-refractivity contribution is 5.94. The second-order valence-corrected chi connectivity index (χ2v) is 6.80. The molecule has 0 unspecified atom stereocenters. The number of nitrogens with zero attached hydrogens (tertiary/aromatic N) is 1. The molecule has 25 heavy (non-hydrogen) atoms. The van der Waals surface area contributed by atoms with E-state index in [1.54, 1.807) is 7.11 Å². The van der Waals surface area contributed by atoms with Gasteiger partial charge >= 0.3 is 0 Å². The van der Waals surface area contributed by atoms with Gasteiger partial charge < -0.3 is 20.3 Å². The van der Waals surface area contributed by atoms with Gasteiger partial charge in [0.1, 0.15) is 5.60 Å². The van der Waals surface area contributed by atoms with Crippen LogP contribution in [0.4, 0.5) is 5.69 Å². The maximum atomic E-state index is 12.6. The molecular weight excluding hydrogens is 318 g/mol. The molecule has 0 atom stereocenters. The molecule has 0 radical (unpaired) electrons. The number of nitrogens with one attached hydrogen (secondary N) is 2. The van der Waals surface area contributed by atoms with E-state index in [-0.39, 0.29) is 11.8 Å². The SMILES string of the molecule is COC1(C(=O)NCc2ccc(N3CCCCC3=O)cc2)CCNCC1. The summed E-state index contributed by atoms with van der Waals surface area (Å²) in [6, 6.07) is 7.86. The molecule has 2 saturated heterocycles. The Morgan fingerprint density at radius 2 is 1.96 bits per heavy atom. The van der Waals surface area contributed by atoms with E-state index in [1.807, 2.05) is 29.2 Å². The molecule has 3 rings (SSSR count). The summed E-state index contributed by atoms with van der Waals surface area (Å²) in [5.74, 6) is 0.145. The summed E-state index contributed by atoms with van der Waals surface area (Å²) >= 11 is 0. The summed E-state index contributed by atoms with van der Waals surface area (Å²) < 4.78 is 5.54. The van der Waals surface area contributed by atoms with Crippen molar-refractivity contribution in [1.29, 1.82) is 0 Å². The molecule has 0 spiro atoms. The third-order valence-electron chi connectivity index (χ3n) is 5.24. The van der Waals surface area contributed by atoms with Crippen molar-refractivity contribution in [3.63, 3.8) is 0 Å². The standard InChI is InChI=1S/C19H27N3O3/c1-25-19(9-11-20-12-10-19)18(24)21-14-15-5-7-16(8-6-15)22-13-3-2-4-17(22)23/h5-8,20H,2-4,9-14H2,1H3,(H,21,24). The monoisotopic (exact) mass is 345 g/mol. The molecule has 2 heterocycles. The molecule has 2 aliphatic rings. The Morgan fingerprint density at radius 1 is 1.24 bits per heavy atom. The maximum Gasteiger partial charge on any atom is 0.252 e. The zero-order valence-electron chi connectivity index (χ0n) is 14.8. The van der Waals surface area contributed by atoms with Crippen LogP contribution in [-0.2, 0) is 20.9 Å². The molecule has 0 aromatic heterocycles. The fraction of sp³-hybridized carbons (Fsp3) is 0.579. The number of carbonyl (C=O) groups is 2. The molecule has 2 aliphatic heterocycles. The summed E-state index contributed by atoms with van der Waals surface area (Å²) in [6.45, 7) is 2.84. The average molecular weight is 345 g/mol. The first-order chi connectivity index (χ1) is 12.1. The second-order valence-electron chi connectivity index (χ2n) is 6.80. The summed E-state index contributed by atoms with van der Waals surface area (Å²) in [5.41, 5.74) is 1.24. The van der Waals surface area contributed by atoms with E-state index in [4.69, 9.17) is 4.74 Å². The molecule has 6 heteroatoms. The number of benzene rings is 1. The number of amides is 2. The molecule has 2 N–H and O–H groups in total. The minimum atomic E-state index is -0.717. The number of piperidine rings is 2. The Kier molecular flexibility index (Phi) is 5.71. The van der Waals surface area contributed by atoms with Gasteiger partial charge in [0.15, 0.2) is 0 Å². The lowest BCUT2D eigenvalue weighted by molar-refractivity contribution is -0.146. The van der Waals surface area contributed by atoms with Crippen LogP contribution in [0.5, 0.6) is 0 Å². The molecule has 0 saturated carbocycles. The smallest absolute Gasteiger partial charge is 0.252 e. The van der Waals surface area contributed by atoms with Gasteiger partial charge in [-0.3, -0.25) is 9.59 Å². The zero-order valence-corrected chi connectivity index (χ0v) is 14.8. The fourth-order valence-corrected chi connectivity index (χ4v) is 3.57. The van der Waals surface area contributed by atoms with Crippen molar-refractivity contribution in [1.82, 2.24) is 10.6 Å². The van der Waals surface area contributed by atoms with Gasteiger partial charge in [-0.1, -0.05) is 12.1 Å². The maximum absolute atomic E-state index is 12.6. The largest absolute Gasteiger partial charge is 0.368 e. The molecule has 0 bridgehead atoms. The number of methoxy groups -OCH3 is 1. The lowest BCUT2D eigenvalue weighted by atomic mass is 9.91. The summed E-state index contributed by atoms with van der Waals surface area (Å²) in [7, 11) is 1.61. The van der Waals surface area contributed by atoms with Crippen molar-refractivity contribution in [2.45, 2.75) is 44.2 Å². The van der Waals surface area contributed by atoms with Crippen LogP contribution in [0.2, 0.25) is 0 Å². The van der Waals surface area contributed by atoms with Crippen LogP contribution in [0.25, 0.3) is 0 Å². The van der Waals surface area contributed by atoms with Crippen LogP contribution in [-0.4, -0.2) is 44.2 Å². The molecule has 2 fully saturated rings. The number of rotatable bonds is 5. The third kappa shape index (κ3) is 4.02. The van der Waals surface area contributed by atoms with Crippen LogP contribution in [0, 0.1) is 0 Å². The van der Waals surface area contributed by atoms with Crippen molar-refractivity contribution >= 4 is 17.5 Å². The molecule has 1 aromatic carbocycles. The van der Waals surface area contributed by atoms with Gasteiger partial charge in [0.2, 0.25) is 5.91 Å². The summed E-state index contributed by atoms with van der Waals surface area (Å²) in [6.07, 6.45) is 4.04. The van der Waals surface area contributed by atoms with Crippen molar-refractivity contribution < 1.29 is 14.3 Å². The van der Waals surface area contributed by atoms with Crippen LogP contribution >= 0.6 is 0 Å². The van der Waals surface area contributed by atoms with Gasteiger partial charge in [0.05, 0.1) is 0 Å². The Labute approximate surface area is 148 Å². The van der Waals surface area contributed by atoms with Crippen LogP contribution in [0.1, 0.15) is 37.7 Å². The molecule has 2 amide bonds. The first kappa shape index (κ1) is 17.9. The molecule has 0 aliphatic carbocycles. The van der Waals surface area contributed by atoms with E-state index in [0.29, 0.717) is 25.8 Å². The highest BCUT2D eigenvalue weighted by Gasteiger charge is 2.39. The highest BCUT2D eigenvalue weighted by Crippen LogP contribution is 2.23. The molecule has 136 valence electrons. The van der Waals surface area contributed by atoms with Crippen molar-refractivity contribution in [3.8, 4) is 0 Å². The molecule has 6 nitrogen and oxygen atoms in total. The minimum Gasteiger partial charge on any atom is -0.368 e. The van der Waals surface area contributed by atoms with Gasteiger partial charge in [-0.05, 0) is 56.5 Å². The first-order valence-corrected chi connectivity index (χ1v) is 9.08. The number of ether oxygens (including phenoxy) is 1. The fourth-order valence-electron chi connectivity index (χ4n) is 3.57. The van der Waals surface area contributed by atoms with Gasteiger partial charge in [-0.2, -0.15) is 0 Å². The predicted octanol–water partition coefficient (Wildman–Crippen LogP) is 1.59. The Bertz CT molecular complexity index is 609. The summed E-state index contributed by atoms with van der Waals surface area (Å²) in [5, 5.41) is 6.25. The van der Waals surface area contributed by atoms with Gasteiger partial charge in [-0.25, -0.2) is 0 Å². The third-order valence-corrected chi connectivity index (χ3v) is 5.24. The number of anilines is 1. The Balaban J connectivity index is 1.58. The van der Waals surface area contributed by atoms with Crippen molar-refractivity contribution in [2.75, 3.05) is 31.6 Å². The van der Waals surface area contributed by atoms with E-state index >= 15 is 0 Å².